The van der Waals surface area contributed by atoms with Crippen molar-refractivity contribution in [1.29, 1.82) is 0 Å². The van der Waals surface area contributed by atoms with Crippen LogP contribution in [0.4, 0.5) is 10.5 Å². The van der Waals surface area contributed by atoms with Crippen LogP contribution in [0, 0.1) is 0 Å². The Balaban J connectivity index is 2.15. The van der Waals surface area contributed by atoms with Gasteiger partial charge in [-0.25, -0.2) is 4.79 Å². The van der Waals surface area contributed by atoms with Crippen LogP contribution in [-0.2, 0) is 16.2 Å². The lowest BCUT2D eigenvalue weighted by atomic mass is 10.1. The first-order valence-electron chi connectivity index (χ1n) is 9.06. The summed E-state index contributed by atoms with van der Waals surface area (Å²) in [6.07, 6.45) is -1.11. The Hall–Kier alpha value is -3.26. The van der Waals surface area contributed by atoms with E-state index in [9.17, 15) is 9.90 Å². The van der Waals surface area contributed by atoms with Gasteiger partial charge in [0.1, 0.15) is 13.3 Å². The molecular weight excluding hydrogens is 376 g/mol. The number of anilines is 1. The number of hydrogen-bond donors (Lipinski definition) is 1. The maximum absolute atomic E-state index is 11.5. The van der Waals surface area contributed by atoms with Gasteiger partial charge < -0.3 is 24.2 Å². The van der Waals surface area contributed by atoms with Crippen molar-refractivity contribution in [2.45, 2.75) is 20.5 Å². The molecule has 8 nitrogen and oxygen atoms in total. The van der Waals surface area contributed by atoms with Crippen molar-refractivity contribution >= 4 is 17.5 Å². The molecule has 8 heteroatoms. The van der Waals surface area contributed by atoms with E-state index < -0.39 is 6.09 Å². The summed E-state index contributed by atoms with van der Waals surface area (Å²) >= 11 is 0. The fraction of sp³-hybridized carbons (Fsp3) is 0.333. The lowest BCUT2D eigenvalue weighted by Gasteiger charge is -2.20. The highest BCUT2D eigenvalue weighted by molar-refractivity contribution is 5.98. The van der Waals surface area contributed by atoms with Gasteiger partial charge in [-0.15, -0.1) is 0 Å². The van der Waals surface area contributed by atoms with Crippen LogP contribution in [0.5, 0.6) is 11.5 Å². The number of oxime groups is 1. The second-order valence-corrected chi connectivity index (χ2v) is 6.01. The van der Waals surface area contributed by atoms with Gasteiger partial charge in [0, 0.05) is 18.2 Å². The number of para-hydroxylation sites is 1. The van der Waals surface area contributed by atoms with Gasteiger partial charge in [0.05, 0.1) is 25.1 Å². The number of benzene rings is 2. The maximum atomic E-state index is 11.5. The molecule has 0 unspecified atom stereocenters. The molecule has 1 amide bonds. The summed E-state index contributed by atoms with van der Waals surface area (Å²) in [5.41, 5.74) is 2.63. The third-order valence-corrected chi connectivity index (χ3v) is 4.07. The zero-order chi connectivity index (χ0) is 21.2. The minimum atomic E-state index is -1.11. The van der Waals surface area contributed by atoms with Gasteiger partial charge in [0.25, 0.3) is 0 Å². The second-order valence-electron chi connectivity index (χ2n) is 6.01. The Morgan fingerprint density at radius 1 is 1.14 bits per heavy atom. The summed E-state index contributed by atoms with van der Waals surface area (Å²) in [7, 11) is 3.02. The lowest BCUT2D eigenvalue weighted by molar-refractivity contribution is 0.130. The van der Waals surface area contributed by atoms with Crippen molar-refractivity contribution in [3.05, 3.63) is 53.6 Å². The summed E-state index contributed by atoms with van der Waals surface area (Å²) < 4.78 is 15.9. The van der Waals surface area contributed by atoms with Crippen molar-refractivity contribution in [3.63, 3.8) is 0 Å². The fourth-order valence-electron chi connectivity index (χ4n) is 2.67. The summed E-state index contributed by atoms with van der Waals surface area (Å²) in [4.78, 5) is 18.1. The van der Waals surface area contributed by atoms with Crippen LogP contribution in [0.25, 0.3) is 0 Å². The SMILES string of the molecule is CCOc1ccc(C(C)=NOCc2ccccc2N(COC)C(=O)O)cc1OC. The van der Waals surface area contributed by atoms with E-state index in [1.165, 1.54) is 7.11 Å². The quantitative estimate of drug-likeness (QED) is 0.365. The summed E-state index contributed by atoms with van der Waals surface area (Å²) in [6.45, 7) is 4.29. The van der Waals surface area contributed by atoms with E-state index in [1.54, 1.807) is 25.3 Å². The molecule has 2 aromatic rings. The molecule has 0 saturated carbocycles. The van der Waals surface area contributed by atoms with Crippen molar-refractivity contribution in [2.24, 2.45) is 5.16 Å². The Labute approximate surface area is 170 Å². The Morgan fingerprint density at radius 2 is 1.90 bits per heavy atom. The molecule has 0 spiro atoms. The highest BCUT2D eigenvalue weighted by Crippen LogP contribution is 2.28. The molecule has 1 N–H and O–H groups in total. The smallest absolute Gasteiger partial charge is 0.413 e. The van der Waals surface area contributed by atoms with Crippen molar-refractivity contribution < 1.29 is 28.9 Å². The first kappa shape index (κ1) is 22.0. The zero-order valence-electron chi connectivity index (χ0n) is 17.0. The molecule has 29 heavy (non-hydrogen) atoms. The molecule has 2 aromatic carbocycles. The molecule has 156 valence electrons. The number of carboxylic acid groups (broad SMARTS) is 1. The molecule has 0 fully saturated rings. The topological polar surface area (TPSA) is 89.8 Å². The first-order chi connectivity index (χ1) is 14.0. The van der Waals surface area contributed by atoms with Crippen molar-refractivity contribution in [2.75, 3.05) is 32.5 Å². The molecule has 0 bridgehead atoms. The molecule has 2 rings (SSSR count). The van der Waals surface area contributed by atoms with Gasteiger partial charge in [0.15, 0.2) is 11.5 Å². The average Bonchev–Trinajstić information content (AvgIpc) is 2.72. The Kier molecular flexibility index (Phi) is 8.29. The normalized spacial score (nSPS) is 11.1. The molecule has 0 heterocycles. The minimum absolute atomic E-state index is 0.0827. The van der Waals surface area contributed by atoms with Crippen molar-refractivity contribution in [1.82, 2.24) is 0 Å². The molecule has 0 aliphatic carbocycles. The highest BCUT2D eigenvalue weighted by Gasteiger charge is 2.17. The van der Waals surface area contributed by atoms with E-state index in [0.29, 0.717) is 35.1 Å². The van der Waals surface area contributed by atoms with E-state index >= 15 is 0 Å². The van der Waals surface area contributed by atoms with Gasteiger partial charge in [-0.1, -0.05) is 23.4 Å². The van der Waals surface area contributed by atoms with Crippen LogP contribution in [0.3, 0.4) is 0 Å². The molecular formula is C21H26N2O6. The molecule has 0 aliphatic heterocycles. The van der Waals surface area contributed by atoms with Gasteiger partial charge in [-0.05, 0) is 38.1 Å². The van der Waals surface area contributed by atoms with E-state index in [1.807, 2.05) is 38.1 Å². The van der Waals surface area contributed by atoms with E-state index in [0.717, 1.165) is 10.5 Å². The second kappa shape index (κ2) is 10.9. The predicted octanol–water partition coefficient (Wildman–Crippen LogP) is 4.12. The molecule has 0 atom stereocenters. The van der Waals surface area contributed by atoms with Gasteiger partial charge in [-0.3, -0.25) is 4.90 Å². The minimum Gasteiger partial charge on any atom is -0.493 e. The van der Waals surface area contributed by atoms with E-state index in [-0.39, 0.29) is 13.3 Å². The number of rotatable bonds is 10. The van der Waals surface area contributed by atoms with Crippen LogP contribution in [0.15, 0.2) is 47.6 Å². The third-order valence-electron chi connectivity index (χ3n) is 4.07. The van der Waals surface area contributed by atoms with E-state index in [4.69, 9.17) is 19.0 Å². The molecule has 0 saturated heterocycles. The monoisotopic (exact) mass is 402 g/mol. The van der Waals surface area contributed by atoms with Crippen LogP contribution in [0.2, 0.25) is 0 Å². The average molecular weight is 402 g/mol. The standard InChI is InChI=1S/C21H26N2O6/c1-5-28-19-11-10-16(12-20(19)27-4)15(2)22-29-13-17-8-6-7-9-18(17)23(14-26-3)21(24)25/h6-12H,5,13-14H2,1-4H3,(H,24,25). The Bertz CT molecular complexity index is 853. The van der Waals surface area contributed by atoms with Gasteiger partial charge in [0.2, 0.25) is 0 Å². The van der Waals surface area contributed by atoms with Crippen LogP contribution < -0.4 is 14.4 Å². The summed E-state index contributed by atoms with van der Waals surface area (Å²) in [5.74, 6) is 1.27. The molecule has 0 aromatic heterocycles. The van der Waals surface area contributed by atoms with Crippen LogP contribution >= 0.6 is 0 Å². The first-order valence-corrected chi connectivity index (χ1v) is 9.06. The number of amides is 1. The largest absolute Gasteiger partial charge is 0.493 e. The van der Waals surface area contributed by atoms with Crippen LogP contribution in [0.1, 0.15) is 25.0 Å². The van der Waals surface area contributed by atoms with Gasteiger partial charge in [-0.2, -0.15) is 0 Å². The fourth-order valence-corrected chi connectivity index (χ4v) is 2.67. The summed E-state index contributed by atoms with van der Waals surface area (Å²) in [6, 6.07) is 12.6. The predicted molar refractivity (Wildman–Crippen MR) is 110 cm³/mol. The highest BCUT2D eigenvalue weighted by atomic mass is 16.6. The zero-order valence-corrected chi connectivity index (χ0v) is 17.0. The van der Waals surface area contributed by atoms with Gasteiger partial charge >= 0.3 is 6.09 Å². The number of hydrogen-bond acceptors (Lipinski definition) is 6. The molecule has 0 radical (unpaired) electrons. The van der Waals surface area contributed by atoms with E-state index in [2.05, 4.69) is 5.16 Å². The lowest BCUT2D eigenvalue weighted by Crippen LogP contribution is -2.32. The summed E-state index contributed by atoms with van der Waals surface area (Å²) in [5, 5.41) is 13.6. The number of methoxy groups -OCH3 is 2. The maximum Gasteiger partial charge on any atom is 0.413 e. The number of nitrogens with zero attached hydrogens (tertiary/aromatic N) is 2. The molecule has 0 aliphatic rings. The number of carbonyl (C=O) groups is 1. The Morgan fingerprint density at radius 3 is 2.55 bits per heavy atom. The van der Waals surface area contributed by atoms with Crippen LogP contribution in [-0.4, -0.2) is 44.5 Å². The third kappa shape index (κ3) is 5.86. The van der Waals surface area contributed by atoms with Crippen molar-refractivity contribution in [3.8, 4) is 11.5 Å². The number of ether oxygens (including phenoxy) is 3.